The first-order chi connectivity index (χ1) is 8.29. The van der Waals surface area contributed by atoms with Gasteiger partial charge in [-0.1, -0.05) is 60.3 Å². The molecule has 0 saturated heterocycles. The van der Waals surface area contributed by atoms with E-state index < -0.39 is 0 Å². The third-order valence-corrected chi connectivity index (χ3v) is 4.53. The van der Waals surface area contributed by atoms with E-state index in [9.17, 15) is 0 Å². The van der Waals surface area contributed by atoms with Gasteiger partial charge in [-0.25, -0.2) is 0 Å². The standard InChI is InChI=1S/C15H22BrN/c1-2-17-14(10-12-6-5-7-12)11-13-8-3-4-9-15(13)16/h3-4,8-9,12,14,17H,2,5-7,10-11H2,1H3. The topological polar surface area (TPSA) is 12.0 Å². The maximum Gasteiger partial charge on any atom is 0.0207 e. The van der Waals surface area contributed by atoms with Gasteiger partial charge in [-0.3, -0.25) is 0 Å². The molecule has 1 aliphatic rings. The fourth-order valence-electron chi connectivity index (χ4n) is 2.59. The van der Waals surface area contributed by atoms with Crippen LogP contribution in [0.4, 0.5) is 0 Å². The van der Waals surface area contributed by atoms with Crippen molar-refractivity contribution in [3.05, 3.63) is 34.3 Å². The van der Waals surface area contributed by atoms with Gasteiger partial charge in [0, 0.05) is 10.5 Å². The smallest absolute Gasteiger partial charge is 0.0207 e. The molecule has 94 valence electrons. The largest absolute Gasteiger partial charge is 0.314 e. The lowest BCUT2D eigenvalue weighted by atomic mass is 9.80. The van der Waals surface area contributed by atoms with Crippen molar-refractivity contribution in [2.75, 3.05) is 6.54 Å². The Morgan fingerprint density at radius 3 is 2.71 bits per heavy atom. The van der Waals surface area contributed by atoms with Crippen molar-refractivity contribution in [3.8, 4) is 0 Å². The van der Waals surface area contributed by atoms with Crippen molar-refractivity contribution in [3.63, 3.8) is 0 Å². The first-order valence-corrected chi connectivity index (χ1v) is 7.55. The molecule has 1 aromatic rings. The summed E-state index contributed by atoms with van der Waals surface area (Å²) in [5.41, 5.74) is 1.43. The fraction of sp³-hybridized carbons (Fsp3) is 0.600. The highest BCUT2D eigenvalue weighted by molar-refractivity contribution is 9.10. The predicted octanol–water partition coefficient (Wildman–Crippen LogP) is 4.16. The quantitative estimate of drug-likeness (QED) is 0.831. The summed E-state index contributed by atoms with van der Waals surface area (Å²) < 4.78 is 1.25. The second-order valence-corrected chi connectivity index (χ2v) is 5.94. The molecule has 0 aliphatic heterocycles. The van der Waals surface area contributed by atoms with Gasteiger partial charge in [-0.2, -0.15) is 0 Å². The lowest BCUT2D eigenvalue weighted by Crippen LogP contribution is -2.34. The number of hydrogen-bond donors (Lipinski definition) is 1. The van der Waals surface area contributed by atoms with E-state index in [1.54, 1.807) is 0 Å². The highest BCUT2D eigenvalue weighted by Crippen LogP contribution is 2.31. The van der Waals surface area contributed by atoms with E-state index in [1.807, 2.05) is 0 Å². The number of likely N-dealkylation sites (N-methyl/N-ethyl adjacent to an activating group) is 1. The average Bonchev–Trinajstić information content (AvgIpc) is 2.26. The molecule has 2 rings (SSSR count). The molecule has 2 heteroatoms. The monoisotopic (exact) mass is 295 g/mol. The van der Waals surface area contributed by atoms with Crippen molar-refractivity contribution in [1.82, 2.24) is 5.32 Å². The molecule has 1 aliphatic carbocycles. The van der Waals surface area contributed by atoms with Crippen molar-refractivity contribution >= 4 is 15.9 Å². The van der Waals surface area contributed by atoms with Crippen LogP contribution in [-0.2, 0) is 6.42 Å². The molecule has 1 atom stereocenters. The van der Waals surface area contributed by atoms with Gasteiger partial charge in [0.15, 0.2) is 0 Å². The molecule has 0 aromatic heterocycles. The molecular weight excluding hydrogens is 274 g/mol. The summed E-state index contributed by atoms with van der Waals surface area (Å²) in [5.74, 6) is 0.974. The predicted molar refractivity (Wildman–Crippen MR) is 77.3 cm³/mol. The maximum absolute atomic E-state index is 3.65. The third kappa shape index (κ3) is 3.82. The summed E-state index contributed by atoms with van der Waals surface area (Å²) in [6.45, 7) is 3.27. The van der Waals surface area contributed by atoms with Gasteiger partial charge in [0.1, 0.15) is 0 Å². The minimum absolute atomic E-state index is 0.643. The van der Waals surface area contributed by atoms with Crippen molar-refractivity contribution in [2.24, 2.45) is 5.92 Å². The van der Waals surface area contributed by atoms with Crippen LogP contribution in [0.15, 0.2) is 28.7 Å². The van der Waals surface area contributed by atoms with E-state index in [-0.39, 0.29) is 0 Å². The molecule has 1 nitrogen and oxygen atoms in total. The lowest BCUT2D eigenvalue weighted by Gasteiger charge is -2.30. The summed E-state index contributed by atoms with van der Waals surface area (Å²) in [5, 5.41) is 3.64. The van der Waals surface area contributed by atoms with Crippen LogP contribution >= 0.6 is 15.9 Å². The molecule has 1 aromatic carbocycles. The summed E-state index contributed by atoms with van der Waals surface area (Å²) >= 11 is 3.65. The zero-order chi connectivity index (χ0) is 12.1. The van der Waals surface area contributed by atoms with Crippen LogP contribution in [0.5, 0.6) is 0 Å². The van der Waals surface area contributed by atoms with Gasteiger partial charge in [-0.05, 0) is 36.9 Å². The van der Waals surface area contributed by atoms with E-state index in [1.165, 1.54) is 35.7 Å². The van der Waals surface area contributed by atoms with E-state index in [0.717, 1.165) is 18.9 Å². The number of benzene rings is 1. The Morgan fingerprint density at radius 1 is 1.35 bits per heavy atom. The first kappa shape index (κ1) is 13.1. The second-order valence-electron chi connectivity index (χ2n) is 5.08. The summed E-state index contributed by atoms with van der Waals surface area (Å²) in [6, 6.07) is 9.23. The van der Waals surface area contributed by atoms with E-state index in [2.05, 4.69) is 52.4 Å². The SMILES string of the molecule is CCNC(Cc1ccccc1Br)CC1CCC1. The molecular formula is C15H22BrN. The summed E-state index contributed by atoms with van der Waals surface area (Å²) in [7, 11) is 0. The Balaban J connectivity index is 1.93. The molecule has 1 fully saturated rings. The molecule has 0 spiro atoms. The second kappa shape index (κ2) is 6.55. The number of halogens is 1. The Labute approximate surface area is 113 Å². The van der Waals surface area contributed by atoms with Crippen molar-refractivity contribution in [1.29, 1.82) is 0 Å². The van der Waals surface area contributed by atoms with Crippen LogP contribution in [0.3, 0.4) is 0 Å². The van der Waals surface area contributed by atoms with Gasteiger partial charge in [0.2, 0.25) is 0 Å². The van der Waals surface area contributed by atoms with Gasteiger partial charge in [0.25, 0.3) is 0 Å². The Hall–Kier alpha value is -0.340. The molecule has 0 bridgehead atoms. The van der Waals surface area contributed by atoms with Gasteiger partial charge in [-0.15, -0.1) is 0 Å². The van der Waals surface area contributed by atoms with E-state index in [0.29, 0.717) is 6.04 Å². The molecule has 0 heterocycles. The third-order valence-electron chi connectivity index (χ3n) is 3.76. The zero-order valence-electron chi connectivity index (χ0n) is 10.6. The van der Waals surface area contributed by atoms with Crippen molar-refractivity contribution < 1.29 is 0 Å². The first-order valence-electron chi connectivity index (χ1n) is 6.76. The van der Waals surface area contributed by atoms with Crippen LogP contribution in [0.1, 0.15) is 38.2 Å². The Bertz CT molecular complexity index is 347. The normalized spacial score (nSPS) is 17.8. The molecule has 1 saturated carbocycles. The summed E-state index contributed by atoms with van der Waals surface area (Å²) in [6.07, 6.45) is 6.81. The minimum Gasteiger partial charge on any atom is -0.314 e. The number of nitrogens with one attached hydrogen (secondary N) is 1. The number of hydrogen-bond acceptors (Lipinski definition) is 1. The lowest BCUT2D eigenvalue weighted by molar-refractivity contribution is 0.260. The van der Waals surface area contributed by atoms with Gasteiger partial charge < -0.3 is 5.32 Å². The molecule has 1 unspecified atom stereocenters. The minimum atomic E-state index is 0.643. The molecule has 0 amide bonds. The van der Waals surface area contributed by atoms with Crippen LogP contribution in [0, 0.1) is 5.92 Å². The van der Waals surface area contributed by atoms with Gasteiger partial charge >= 0.3 is 0 Å². The van der Waals surface area contributed by atoms with Crippen LogP contribution in [0.25, 0.3) is 0 Å². The van der Waals surface area contributed by atoms with E-state index >= 15 is 0 Å². The highest BCUT2D eigenvalue weighted by atomic mass is 79.9. The fourth-order valence-corrected chi connectivity index (χ4v) is 3.03. The van der Waals surface area contributed by atoms with Crippen LogP contribution < -0.4 is 5.32 Å². The van der Waals surface area contributed by atoms with Crippen LogP contribution in [-0.4, -0.2) is 12.6 Å². The Morgan fingerprint density at radius 2 is 2.12 bits per heavy atom. The van der Waals surface area contributed by atoms with Crippen molar-refractivity contribution in [2.45, 2.75) is 45.1 Å². The number of rotatable bonds is 6. The Kier molecular flexibility index (Phi) is 5.05. The molecule has 17 heavy (non-hydrogen) atoms. The van der Waals surface area contributed by atoms with Gasteiger partial charge in [0.05, 0.1) is 0 Å². The summed E-state index contributed by atoms with van der Waals surface area (Å²) in [4.78, 5) is 0. The van der Waals surface area contributed by atoms with Crippen LogP contribution in [0.2, 0.25) is 0 Å². The molecule has 1 N–H and O–H groups in total. The average molecular weight is 296 g/mol. The zero-order valence-corrected chi connectivity index (χ0v) is 12.2. The molecule has 0 radical (unpaired) electrons. The maximum atomic E-state index is 3.65. The van der Waals surface area contributed by atoms with E-state index in [4.69, 9.17) is 0 Å². The highest BCUT2D eigenvalue weighted by Gasteiger charge is 2.22.